The topological polar surface area (TPSA) is 89.9 Å². The van der Waals surface area contributed by atoms with Gasteiger partial charge in [-0.2, -0.15) is 0 Å². The Morgan fingerprint density at radius 2 is 1.87 bits per heavy atom. The molecule has 2 aromatic carbocycles. The number of aromatic nitrogens is 1. The van der Waals surface area contributed by atoms with Crippen LogP contribution in [0.2, 0.25) is 0 Å². The molecule has 0 saturated carbocycles. The molecule has 0 aliphatic heterocycles. The lowest BCUT2D eigenvalue weighted by Crippen LogP contribution is -2.40. The van der Waals surface area contributed by atoms with Gasteiger partial charge in [-0.25, -0.2) is 4.39 Å². The number of esters is 1. The fourth-order valence-corrected chi connectivity index (χ4v) is 5.07. The number of ether oxygens (including phenoxy) is 2. The number of halogens is 1. The Morgan fingerprint density at radius 3 is 2.56 bits per heavy atom. The lowest BCUT2D eigenvalue weighted by Gasteiger charge is -2.24. The number of pyridine rings is 1. The van der Waals surface area contributed by atoms with Crippen molar-refractivity contribution in [2.24, 2.45) is 0 Å². The van der Waals surface area contributed by atoms with E-state index in [1.165, 1.54) is 25.4 Å². The van der Waals surface area contributed by atoms with Crippen LogP contribution in [-0.2, 0) is 20.7 Å². The number of amides is 1. The zero-order chi connectivity index (χ0) is 32.9. The molecule has 1 N–H and O–H groups in total. The highest BCUT2D eigenvalue weighted by Gasteiger charge is 2.27. The fraction of sp³-hybridized carbons (Fsp3) is 0.361. The highest BCUT2D eigenvalue weighted by atomic mass is 19.1. The predicted octanol–water partition coefficient (Wildman–Crippen LogP) is 5.95. The minimum Gasteiger partial charge on any atom is -0.493 e. The summed E-state index contributed by atoms with van der Waals surface area (Å²) in [6.07, 6.45) is 6.97. The Hall–Kier alpha value is -4.50. The van der Waals surface area contributed by atoms with Crippen LogP contribution in [0.3, 0.4) is 0 Å². The van der Waals surface area contributed by atoms with E-state index in [1.54, 1.807) is 0 Å². The number of likely N-dealkylation sites (N-methyl/N-ethyl adjacent to an activating group) is 1. The van der Waals surface area contributed by atoms with Gasteiger partial charge in [0.15, 0.2) is 5.82 Å². The molecule has 0 unspecified atom stereocenters. The smallest absolute Gasteiger partial charge is 0.307 e. The first-order chi connectivity index (χ1) is 21.6. The summed E-state index contributed by atoms with van der Waals surface area (Å²) >= 11 is 0. The minimum absolute atomic E-state index is 0.0725. The van der Waals surface area contributed by atoms with Crippen molar-refractivity contribution in [3.8, 4) is 16.9 Å². The molecule has 3 aromatic rings. The first-order valence-corrected chi connectivity index (χ1v) is 15.1. The second-order valence-electron chi connectivity index (χ2n) is 11.2. The normalized spacial score (nSPS) is 12.3. The summed E-state index contributed by atoms with van der Waals surface area (Å²) in [5.41, 5.74) is 3.09. The lowest BCUT2D eigenvalue weighted by molar-refractivity contribution is -0.141. The summed E-state index contributed by atoms with van der Waals surface area (Å²) in [5.74, 6) is -1.29. The van der Waals surface area contributed by atoms with E-state index in [0.717, 1.165) is 39.8 Å². The van der Waals surface area contributed by atoms with Crippen LogP contribution in [0.25, 0.3) is 11.1 Å². The van der Waals surface area contributed by atoms with Crippen LogP contribution in [0.1, 0.15) is 54.5 Å². The zero-order valence-electron chi connectivity index (χ0n) is 26.7. The summed E-state index contributed by atoms with van der Waals surface area (Å²) in [5, 5.41) is 2.94. The number of aryl methyl sites for hydroxylation is 1. The molecule has 9 heteroatoms. The molecule has 240 valence electrons. The van der Waals surface area contributed by atoms with Gasteiger partial charge in [0.1, 0.15) is 11.8 Å². The lowest BCUT2D eigenvalue weighted by atomic mass is 9.94. The van der Waals surface area contributed by atoms with Crippen molar-refractivity contribution in [3.05, 3.63) is 113 Å². The highest BCUT2D eigenvalue weighted by Crippen LogP contribution is 2.35. The minimum atomic E-state index is -1.08. The van der Waals surface area contributed by atoms with Crippen molar-refractivity contribution in [2.75, 3.05) is 34.4 Å². The average Bonchev–Trinajstić information content (AvgIpc) is 3.02. The maximum absolute atomic E-state index is 14.8. The van der Waals surface area contributed by atoms with Crippen LogP contribution in [-0.4, -0.2) is 55.7 Å². The highest BCUT2D eigenvalue weighted by molar-refractivity contribution is 5.82. The van der Waals surface area contributed by atoms with Crippen LogP contribution < -0.4 is 15.6 Å². The predicted molar refractivity (Wildman–Crippen MR) is 176 cm³/mol. The number of methoxy groups -OCH3 is 1. The fourth-order valence-electron chi connectivity index (χ4n) is 5.07. The molecule has 0 fully saturated rings. The molecule has 0 bridgehead atoms. The Labute approximate surface area is 265 Å². The van der Waals surface area contributed by atoms with Gasteiger partial charge in [-0.15, -0.1) is 13.2 Å². The Kier molecular flexibility index (Phi) is 13.3. The quantitative estimate of drug-likeness (QED) is 0.114. The molecule has 2 atom stereocenters. The summed E-state index contributed by atoms with van der Waals surface area (Å²) in [6, 6.07) is 12.7. The molecule has 0 spiro atoms. The van der Waals surface area contributed by atoms with E-state index in [-0.39, 0.29) is 12.8 Å². The maximum atomic E-state index is 14.8. The van der Waals surface area contributed by atoms with E-state index < -0.39 is 35.3 Å². The van der Waals surface area contributed by atoms with E-state index in [1.807, 2.05) is 74.5 Å². The van der Waals surface area contributed by atoms with Crippen molar-refractivity contribution in [1.82, 2.24) is 14.8 Å². The summed E-state index contributed by atoms with van der Waals surface area (Å²) in [7, 11) is 5.07. The van der Waals surface area contributed by atoms with Gasteiger partial charge in [0.05, 0.1) is 26.2 Å². The number of allylic oxidation sites excluding steroid dienone is 2. The number of benzene rings is 2. The average molecular weight is 618 g/mol. The van der Waals surface area contributed by atoms with Gasteiger partial charge in [0.2, 0.25) is 5.91 Å². The van der Waals surface area contributed by atoms with Gasteiger partial charge in [-0.3, -0.25) is 19.0 Å². The van der Waals surface area contributed by atoms with E-state index in [4.69, 9.17) is 9.47 Å². The maximum Gasteiger partial charge on any atom is 0.307 e. The third kappa shape index (κ3) is 9.74. The third-order valence-electron chi connectivity index (χ3n) is 7.47. The monoisotopic (exact) mass is 617 g/mol. The van der Waals surface area contributed by atoms with Crippen molar-refractivity contribution in [1.29, 1.82) is 0 Å². The molecule has 0 saturated heterocycles. The molecular formula is C36H44FN3O5. The van der Waals surface area contributed by atoms with Crippen LogP contribution in [0.5, 0.6) is 5.75 Å². The Morgan fingerprint density at radius 1 is 1.11 bits per heavy atom. The number of carbonyl (C=O) groups excluding carboxylic acids is 2. The second kappa shape index (κ2) is 17.1. The third-order valence-corrected chi connectivity index (χ3v) is 7.47. The molecule has 0 aliphatic rings. The zero-order valence-corrected chi connectivity index (χ0v) is 26.7. The SMILES string of the molecule is C=CCCCOc1cccc(C)c1-c1cccc([C@H](CC(=O)OC)NC(=O)[C@H](CC=C)n2cc(CCN(C)C)cc(F)c2=O)c1. The van der Waals surface area contributed by atoms with Crippen molar-refractivity contribution >= 4 is 11.9 Å². The summed E-state index contributed by atoms with van der Waals surface area (Å²) in [4.78, 5) is 41.2. The first kappa shape index (κ1) is 35.0. The van der Waals surface area contributed by atoms with Gasteiger partial charge >= 0.3 is 5.97 Å². The molecule has 8 nitrogen and oxygen atoms in total. The Balaban J connectivity index is 1.99. The molecule has 0 aliphatic carbocycles. The number of unbranched alkanes of at least 4 members (excludes halogenated alkanes) is 1. The number of nitrogens with zero attached hydrogens (tertiary/aromatic N) is 2. The van der Waals surface area contributed by atoms with Crippen LogP contribution >= 0.6 is 0 Å². The van der Waals surface area contributed by atoms with Gasteiger partial charge in [-0.1, -0.05) is 42.5 Å². The van der Waals surface area contributed by atoms with E-state index in [9.17, 15) is 18.8 Å². The number of nitrogens with one attached hydrogen (secondary N) is 1. The number of hydrogen-bond donors (Lipinski definition) is 1. The molecule has 0 radical (unpaired) electrons. The van der Waals surface area contributed by atoms with Crippen LogP contribution in [0.15, 0.2) is 84.8 Å². The van der Waals surface area contributed by atoms with Gasteiger partial charge in [-0.05, 0) is 87.2 Å². The van der Waals surface area contributed by atoms with Gasteiger partial charge in [0, 0.05) is 18.3 Å². The van der Waals surface area contributed by atoms with E-state index in [2.05, 4.69) is 18.5 Å². The van der Waals surface area contributed by atoms with E-state index >= 15 is 0 Å². The molecule has 3 rings (SSSR count). The number of carbonyl (C=O) groups is 2. The van der Waals surface area contributed by atoms with Gasteiger partial charge in [0.25, 0.3) is 5.56 Å². The second-order valence-corrected chi connectivity index (χ2v) is 11.2. The standard InChI is InChI=1S/C36H44FN3O5/c1-7-9-10-20-45-32-17-11-14-25(3)34(32)28-16-12-15-27(22-28)30(23-33(41)44-6)38-35(42)31(13-8-2)40-24-26(18-19-39(4)5)21-29(37)36(40)43/h7-8,11-12,14-17,21-22,24,30-31H,1-2,9-10,13,18-20,23H2,3-6H3,(H,38,42)/t30-,31-/m0/s1. The molecule has 1 amide bonds. The number of rotatable bonds is 17. The van der Waals surface area contributed by atoms with Crippen molar-refractivity contribution < 1.29 is 23.5 Å². The molecular weight excluding hydrogens is 573 g/mol. The van der Waals surface area contributed by atoms with Crippen molar-refractivity contribution in [2.45, 2.75) is 51.1 Å². The largest absolute Gasteiger partial charge is 0.493 e. The van der Waals surface area contributed by atoms with Crippen LogP contribution in [0.4, 0.5) is 4.39 Å². The summed E-state index contributed by atoms with van der Waals surface area (Å²) in [6.45, 7) is 10.7. The molecule has 45 heavy (non-hydrogen) atoms. The van der Waals surface area contributed by atoms with E-state index in [0.29, 0.717) is 30.7 Å². The van der Waals surface area contributed by atoms with Crippen LogP contribution in [0, 0.1) is 12.7 Å². The molecule has 1 aromatic heterocycles. The van der Waals surface area contributed by atoms with Crippen molar-refractivity contribution in [3.63, 3.8) is 0 Å². The first-order valence-electron chi connectivity index (χ1n) is 15.1. The number of hydrogen-bond acceptors (Lipinski definition) is 6. The van der Waals surface area contributed by atoms with Gasteiger partial charge < -0.3 is 19.7 Å². The Bertz CT molecular complexity index is 1550. The molecule has 1 heterocycles. The summed E-state index contributed by atoms with van der Waals surface area (Å²) < 4.78 is 27.0.